The fourth-order valence-corrected chi connectivity index (χ4v) is 4.89. The number of ether oxygens (including phenoxy) is 3. The quantitative estimate of drug-likeness (QED) is 0.770. The summed E-state index contributed by atoms with van der Waals surface area (Å²) in [6.07, 6.45) is 7.53. The zero-order valence-corrected chi connectivity index (χ0v) is 13.9. The maximum atomic E-state index is 6.11. The minimum absolute atomic E-state index is 0.304. The van der Waals surface area contributed by atoms with E-state index < -0.39 is 0 Å². The van der Waals surface area contributed by atoms with Crippen LogP contribution in [0.1, 0.15) is 31.2 Å². The minimum atomic E-state index is 0.304. The Hall–Kier alpha value is -1.32. The predicted octanol–water partition coefficient (Wildman–Crippen LogP) is 3.97. The fraction of sp³-hybridized carbons (Fsp3) is 0.600. The molecular weight excluding hydrogens is 288 g/mol. The SMILES string of the molecule is COc1ccc(COC[C@H]2CCC3=CCC[C@@H]4COC[C@@]324)cc1. The van der Waals surface area contributed by atoms with Gasteiger partial charge in [0.15, 0.2) is 0 Å². The van der Waals surface area contributed by atoms with E-state index in [0.29, 0.717) is 17.9 Å². The van der Waals surface area contributed by atoms with Gasteiger partial charge in [-0.25, -0.2) is 0 Å². The highest BCUT2D eigenvalue weighted by Gasteiger charge is 2.55. The average Bonchev–Trinajstić information content (AvgIpc) is 3.18. The topological polar surface area (TPSA) is 27.7 Å². The van der Waals surface area contributed by atoms with Gasteiger partial charge in [-0.1, -0.05) is 23.8 Å². The van der Waals surface area contributed by atoms with Crippen molar-refractivity contribution in [3.8, 4) is 5.75 Å². The molecule has 3 nitrogen and oxygen atoms in total. The van der Waals surface area contributed by atoms with E-state index in [9.17, 15) is 0 Å². The highest BCUT2D eigenvalue weighted by atomic mass is 16.5. The Morgan fingerprint density at radius 2 is 2.09 bits per heavy atom. The second-order valence-corrected chi connectivity index (χ2v) is 7.16. The van der Waals surface area contributed by atoms with Crippen LogP contribution >= 0.6 is 0 Å². The van der Waals surface area contributed by atoms with Crippen LogP contribution in [-0.2, 0) is 16.1 Å². The Kier molecular flexibility index (Phi) is 4.16. The number of benzene rings is 1. The average molecular weight is 314 g/mol. The van der Waals surface area contributed by atoms with Crippen molar-refractivity contribution in [2.75, 3.05) is 26.9 Å². The van der Waals surface area contributed by atoms with E-state index in [1.54, 1.807) is 12.7 Å². The van der Waals surface area contributed by atoms with Crippen LogP contribution in [0.5, 0.6) is 5.75 Å². The van der Waals surface area contributed by atoms with Gasteiger partial charge in [0.25, 0.3) is 0 Å². The Balaban J connectivity index is 1.39. The molecule has 0 amide bonds. The smallest absolute Gasteiger partial charge is 0.118 e. The summed E-state index contributed by atoms with van der Waals surface area (Å²) in [4.78, 5) is 0. The summed E-state index contributed by atoms with van der Waals surface area (Å²) in [5.41, 5.74) is 3.18. The van der Waals surface area contributed by atoms with Crippen LogP contribution < -0.4 is 4.74 Å². The summed E-state index contributed by atoms with van der Waals surface area (Å²) in [6.45, 7) is 3.40. The first-order valence-corrected chi connectivity index (χ1v) is 8.81. The van der Waals surface area contributed by atoms with Crippen molar-refractivity contribution in [3.05, 3.63) is 41.5 Å². The van der Waals surface area contributed by atoms with Gasteiger partial charge >= 0.3 is 0 Å². The molecule has 0 N–H and O–H groups in total. The number of rotatable bonds is 5. The molecule has 1 aromatic rings. The fourth-order valence-electron chi connectivity index (χ4n) is 4.89. The van der Waals surface area contributed by atoms with Gasteiger partial charge in [0.05, 0.1) is 33.5 Å². The highest BCUT2D eigenvalue weighted by Crippen LogP contribution is 2.58. The van der Waals surface area contributed by atoms with Crippen molar-refractivity contribution in [3.63, 3.8) is 0 Å². The molecule has 124 valence electrons. The minimum Gasteiger partial charge on any atom is -0.497 e. The van der Waals surface area contributed by atoms with E-state index in [0.717, 1.165) is 31.5 Å². The molecule has 3 atom stereocenters. The number of allylic oxidation sites excluding steroid dienone is 1. The van der Waals surface area contributed by atoms with Crippen LogP contribution in [-0.4, -0.2) is 26.9 Å². The molecule has 2 fully saturated rings. The molecule has 1 heterocycles. The second-order valence-electron chi connectivity index (χ2n) is 7.16. The molecule has 1 saturated heterocycles. The van der Waals surface area contributed by atoms with Crippen LogP contribution in [0.2, 0.25) is 0 Å². The highest BCUT2D eigenvalue weighted by molar-refractivity contribution is 5.28. The normalized spacial score (nSPS) is 32.3. The van der Waals surface area contributed by atoms with Gasteiger partial charge in [0.1, 0.15) is 5.75 Å². The third-order valence-corrected chi connectivity index (χ3v) is 6.13. The molecule has 1 aliphatic heterocycles. The molecule has 1 saturated carbocycles. The maximum Gasteiger partial charge on any atom is 0.118 e. The van der Waals surface area contributed by atoms with Gasteiger partial charge in [-0.2, -0.15) is 0 Å². The van der Waals surface area contributed by atoms with Gasteiger partial charge in [-0.05, 0) is 55.2 Å². The molecule has 0 aromatic heterocycles. The molecule has 1 spiro atoms. The van der Waals surface area contributed by atoms with Crippen molar-refractivity contribution >= 4 is 0 Å². The van der Waals surface area contributed by atoms with Gasteiger partial charge in [0, 0.05) is 5.41 Å². The van der Waals surface area contributed by atoms with Crippen LogP contribution in [0.3, 0.4) is 0 Å². The second kappa shape index (κ2) is 6.29. The first-order valence-electron chi connectivity index (χ1n) is 8.81. The molecule has 3 aliphatic rings. The Bertz CT molecular complexity index is 577. The van der Waals surface area contributed by atoms with Gasteiger partial charge in [-0.15, -0.1) is 0 Å². The molecule has 0 radical (unpaired) electrons. The summed E-state index contributed by atoms with van der Waals surface area (Å²) in [6, 6.07) is 8.16. The summed E-state index contributed by atoms with van der Waals surface area (Å²) in [5.74, 6) is 2.24. The van der Waals surface area contributed by atoms with Gasteiger partial charge in [-0.3, -0.25) is 0 Å². The van der Waals surface area contributed by atoms with E-state index in [1.165, 1.54) is 31.2 Å². The zero-order valence-electron chi connectivity index (χ0n) is 13.9. The lowest BCUT2D eigenvalue weighted by Crippen LogP contribution is -2.38. The van der Waals surface area contributed by atoms with Crippen LogP contribution in [0, 0.1) is 17.3 Å². The summed E-state index contributed by atoms with van der Waals surface area (Å²) >= 11 is 0. The molecule has 0 bridgehead atoms. The first kappa shape index (κ1) is 15.2. The third kappa shape index (κ3) is 2.60. The van der Waals surface area contributed by atoms with Gasteiger partial charge in [0.2, 0.25) is 0 Å². The summed E-state index contributed by atoms with van der Waals surface area (Å²) in [5, 5.41) is 0. The lowest BCUT2D eigenvalue weighted by molar-refractivity contribution is 0.0318. The van der Waals surface area contributed by atoms with Crippen LogP contribution in [0.25, 0.3) is 0 Å². The van der Waals surface area contributed by atoms with Crippen molar-refractivity contribution in [2.24, 2.45) is 17.3 Å². The standard InChI is InChI=1S/C20H26O3/c1-21-19-9-5-15(6-10-19)11-22-12-18-8-7-16-3-2-4-17-13-23-14-20(16,17)18/h3,5-6,9-10,17-18H,2,4,7-8,11-14H2,1H3/t17-,18-,20+/m1/s1. The zero-order chi connectivity index (χ0) is 15.7. The maximum absolute atomic E-state index is 6.11. The molecule has 3 heteroatoms. The van der Waals surface area contributed by atoms with E-state index in [2.05, 4.69) is 18.2 Å². The Morgan fingerprint density at radius 3 is 2.91 bits per heavy atom. The monoisotopic (exact) mass is 314 g/mol. The molecule has 4 rings (SSSR count). The van der Waals surface area contributed by atoms with Crippen molar-refractivity contribution in [1.29, 1.82) is 0 Å². The summed E-state index contributed by atoms with van der Waals surface area (Å²) < 4.78 is 17.2. The summed E-state index contributed by atoms with van der Waals surface area (Å²) in [7, 11) is 1.69. The largest absolute Gasteiger partial charge is 0.497 e. The first-order chi connectivity index (χ1) is 11.3. The molecule has 0 unspecified atom stereocenters. The predicted molar refractivity (Wildman–Crippen MR) is 89.4 cm³/mol. The van der Waals surface area contributed by atoms with E-state index in [-0.39, 0.29) is 0 Å². The van der Waals surface area contributed by atoms with E-state index >= 15 is 0 Å². The number of hydrogen-bond acceptors (Lipinski definition) is 3. The third-order valence-electron chi connectivity index (χ3n) is 6.13. The van der Waals surface area contributed by atoms with E-state index in [4.69, 9.17) is 14.2 Å². The lowest BCUT2D eigenvalue weighted by Gasteiger charge is -2.39. The lowest BCUT2D eigenvalue weighted by atomic mass is 9.64. The Labute approximate surface area is 138 Å². The Morgan fingerprint density at radius 1 is 1.22 bits per heavy atom. The van der Waals surface area contributed by atoms with Gasteiger partial charge < -0.3 is 14.2 Å². The number of methoxy groups -OCH3 is 1. The molecule has 1 aromatic carbocycles. The number of hydrogen-bond donors (Lipinski definition) is 0. The van der Waals surface area contributed by atoms with Crippen molar-refractivity contribution < 1.29 is 14.2 Å². The molecule has 23 heavy (non-hydrogen) atoms. The molecule has 2 aliphatic carbocycles. The van der Waals surface area contributed by atoms with Crippen LogP contribution in [0.15, 0.2) is 35.9 Å². The van der Waals surface area contributed by atoms with E-state index in [1.807, 2.05) is 12.1 Å². The van der Waals surface area contributed by atoms with Crippen molar-refractivity contribution in [1.82, 2.24) is 0 Å². The molecular formula is C20H26O3. The van der Waals surface area contributed by atoms with Crippen LogP contribution in [0.4, 0.5) is 0 Å². The van der Waals surface area contributed by atoms with Crippen molar-refractivity contribution in [2.45, 2.75) is 32.3 Å².